The molecule has 1 aromatic rings. The molecule has 1 aliphatic rings. The second-order valence-electron chi connectivity index (χ2n) is 4.75. The quantitative estimate of drug-likeness (QED) is 0.910. The normalized spacial score (nSPS) is 17.2. The van der Waals surface area contributed by atoms with E-state index in [-0.39, 0.29) is 5.82 Å². The fourth-order valence-electron chi connectivity index (χ4n) is 2.46. The molecule has 0 atom stereocenters. The Labute approximate surface area is 113 Å². The van der Waals surface area contributed by atoms with Crippen LogP contribution in [-0.2, 0) is 6.42 Å². The molecule has 2 rings (SSSR count). The maximum absolute atomic E-state index is 14.0. The molecule has 0 aliphatic carbocycles. The zero-order valence-corrected chi connectivity index (χ0v) is 11.7. The van der Waals surface area contributed by atoms with E-state index in [1.807, 2.05) is 23.9 Å². The summed E-state index contributed by atoms with van der Waals surface area (Å²) in [5.74, 6) is -0.108. The molecule has 0 unspecified atom stereocenters. The lowest BCUT2D eigenvalue weighted by Crippen LogP contribution is -2.35. The van der Waals surface area contributed by atoms with E-state index in [4.69, 9.17) is 5.73 Å². The number of thioether (sulfide) groups is 1. The first-order valence-corrected chi connectivity index (χ1v) is 7.79. The Balaban J connectivity index is 2.05. The smallest absolute Gasteiger partial charge is 0.146 e. The molecule has 2 N–H and O–H groups in total. The average molecular weight is 268 g/mol. The first-order chi connectivity index (χ1) is 8.74. The molecule has 1 fully saturated rings. The topological polar surface area (TPSA) is 29.3 Å². The predicted octanol–water partition coefficient (Wildman–Crippen LogP) is 2.66. The second-order valence-corrected chi connectivity index (χ2v) is 5.88. The van der Waals surface area contributed by atoms with Crippen LogP contribution in [0.3, 0.4) is 0 Å². The Morgan fingerprint density at radius 3 is 2.67 bits per heavy atom. The van der Waals surface area contributed by atoms with Crippen LogP contribution < -0.4 is 10.6 Å². The number of nitrogens with zero attached hydrogens (tertiary/aromatic N) is 1. The van der Waals surface area contributed by atoms with Gasteiger partial charge in [-0.25, -0.2) is 4.39 Å². The fourth-order valence-corrected chi connectivity index (χ4v) is 3.14. The minimum atomic E-state index is -0.108. The number of anilines is 1. The monoisotopic (exact) mass is 268 g/mol. The van der Waals surface area contributed by atoms with Crippen LogP contribution in [0.5, 0.6) is 0 Å². The molecule has 0 aromatic heterocycles. The summed E-state index contributed by atoms with van der Waals surface area (Å²) < 4.78 is 14.0. The summed E-state index contributed by atoms with van der Waals surface area (Å²) in [6, 6.07) is 5.52. The maximum Gasteiger partial charge on any atom is 0.146 e. The van der Waals surface area contributed by atoms with Crippen molar-refractivity contribution in [1.82, 2.24) is 0 Å². The van der Waals surface area contributed by atoms with E-state index in [1.54, 1.807) is 6.07 Å². The van der Waals surface area contributed by atoms with Crippen molar-refractivity contribution < 1.29 is 4.39 Å². The minimum absolute atomic E-state index is 0.108. The molecule has 0 spiro atoms. The Bertz CT molecular complexity index is 389. The molecule has 18 heavy (non-hydrogen) atoms. The summed E-state index contributed by atoms with van der Waals surface area (Å²) in [5.41, 5.74) is 7.22. The third-order valence-corrected chi connectivity index (χ3v) is 4.70. The molecule has 1 aromatic carbocycles. The predicted molar refractivity (Wildman–Crippen MR) is 77.9 cm³/mol. The molecule has 100 valence electrons. The van der Waals surface area contributed by atoms with Crippen LogP contribution in [0.4, 0.5) is 10.1 Å². The van der Waals surface area contributed by atoms with Crippen LogP contribution in [0.15, 0.2) is 18.2 Å². The van der Waals surface area contributed by atoms with Crippen molar-refractivity contribution in [3.8, 4) is 0 Å². The molecule has 4 heteroatoms. The van der Waals surface area contributed by atoms with Crippen molar-refractivity contribution in [3.63, 3.8) is 0 Å². The highest BCUT2D eigenvalue weighted by atomic mass is 32.2. The molecule has 1 saturated heterocycles. The lowest BCUT2D eigenvalue weighted by molar-refractivity contribution is 0.565. The molecule has 0 bridgehead atoms. The highest BCUT2D eigenvalue weighted by Crippen LogP contribution is 2.27. The van der Waals surface area contributed by atoms with Gasteiger partial charge in [-0.15, -0.1) is 0 Å². The average Bonchev–Trinajstić information content (AvgIpc) is 2.40. The molecule has 0 saturated carbocycles. The van der Waals surface area contributed by atoms with E-state index < -0.39 is 0 Å². The van der Waals surface area contributed by atoms with E-state index in [0.717, 1.165) is 48.9 Å². The Morgan fingerprint density at radius 1 is 1.39 bits per heavy atom. The number of hydrogen-bond donors (Lipinski definition) is 1. The highest BCUT2D eigenvalue weighted by Gasteiger charge is 2.20. The summed E-state index contributed by atoms with van der Waals surface area (Å²) in [6.45, 7) is 2.48. The number of rotatable bonds is 4. The Morgan fingerprint density at radius 2 is 2.11 bits per heavy atom. The number of hydrogen-bond acceptors (Lipinski definition) is 3. The zero-order valence-electron chi connectivity index (χ0n) is 10.9. The molecule has 0 radical (unpaired) electrons. The van der Waals surface area contributed by atoms with Gasteiger partial charge in [-0.05, 0) is 49.8 Å². The summed E-state index contributed by atoms with van der Waals surface area (Å²) in [4.78, 5) is 2.16. The van der Waals surface area contributed by atoms with Crippen molar-refractivity contribution >= 4 is 17.4 Å². The largest absolute Gasteiger partial charge is 0.369 e. The molecule has 1 aliphatic heterocycles. The van der Waals surface area contributed by atoms with Crippen molar-refractivity contribution in [3.05, 3.63) is 29.6 Å². The number of halogens is 1. The van der Waals surface area contributed by atoms with E-state index >= 15 is 0 Å². The van der Waals surface area contributed by atoms with Crippen LogP contribution in [-0.4, -0.2) is 31.1 Å². The third kappa shape index (κ3) is 3.18. The molecular formula is C14H21FN2S. The number of nitrogens with two attached hydrogens (primary N) is 1. The van der Waals surface area contributed by atoms with Crippen LogP contribution in [0, 0.1) is 5.82 Å². The van der Waals surface area contributed by atoms with Gasteiger partial charge in [0.15, 0.2) is 0 Å². The Kier molecular flexibility index (Phi) is 4.89. The van der Waals surface area contributed by atoms with Gasteiger partial charge in [-0.1, -0.05) is 6.07 Å². The van der Waals surface area contributed by atoms with Gasteiger partial charge in [0.25, 0.3) is 0 Å². The van der Waals surface area contributed by atoms with Crippen LogP contribution in [0.25, 0.3) is 0 Å². The van der Waals surface area contributed by atoms with Crippen molar-refractivity contribution in [2.45, 2.75) is 24.5 Å². The summed E-state index contributed by atoms with van der Waals surface area (Å²) in [5, 5.41) is 0.737. The molecule has 1 heterocycles. The standard InChI is InChI=1S/C14H21FN2S/c1-18-12-5-8-17(9-6-12)14-3-2-11(4-7-16)10-13(14)15/h2-3,10,12H,4-9,16H2,1H3. The van der Waals surface area contributed by atoms with Gasteiger partial charge in [-0.3, -0.25) is 0 Å². The van der Waals surface area contributed by atoms with Crippen LogP contribution >= 0.6 is 11.8 Å². The number of benzene rings is 1. The highest BCUT2D eigenvalue weighted by molar-refractivity contribution is 7.99. The summed E-state index contributed by atoms with van der Waals surface area (Å²) in [7, 11) is 0. The van der Waals surface area contributed by atoms with E-state index in [9.17, 15) is 4.39 Å². The summed E-state index contributed by atoms with van der Waals surface area (Å²) in [6.07, 6.45) is 5.19. The van der Waals surface area contributed by atoms with Crippen molar-refractivity contribution in [2.24, 2.45) is 5.73 Å². The van der Waals surface area contributed by atoms with E-state index in [2.05, 4.69) is 11.2 Å². The van der Waals surface area contributed by atoms with Gasteiger partial charge in [-0.2, -0.15) is 11.8 Å². The molecule has 0 amide bonds. The Hall–Kier alpha value is -0.740. The van der Waals surface area contributed by atoms with Crippen molar-refractivity contribution in [1.29, 1.82) is 0 Å². The van der Waals surface area contributed by atoms with Gasteiger partial charge in [0.05, 0.1) is 5.69 Å². The third-order valence-electron chi connectivity index (χ3n) is 3.56. The van der Waals surface area contributed by atoms with Gasteiger partial charge in [0, 0.05) is 18.3 Å². The SMILES string of the molecule is CSC1CCN(c2ccc(CCN)cc2F)CC1. The second kappa shape index (κ2) is 6.43. The number of piperidine rings is 1. The van der Waals surface area contributed by atoms with Crippen LogP contribution in [0.2, 0.25) is 0 Å². The summed E-state index contributed by atoms with van der Waals surface area (Å²) >= 11 is 1.92. The lowest BCUT2D eigenvalue weighted by Gasteiger charge is -2.33. The van der Waals surface area contributed by atoms with E-state index in [0.29, 0.717) is 6.54 Å². The van der Waals surface area contributed by atoms with Crippen LogP contribution in [0.1, 0.15) is 18.4 Å². The zero-order chi connectivity index (χ0) is 13.0. The first-order valence-electron chi connectivity index (χ1n) is 6.51. The lowest BCUT2D eigenvalue weighted by atomic mass is 10.1. The fraction of sp³-hybridized carbons (Fsp3) is 0.571. The molecular weight excluding hydrogens is 247 g/mol. The van der Waals surface area contributed by atoms with Gasteiger partial charge in [0.2, 0.25) is 0 Å². The maximum atomic E-state index is 14.0. The van der Waals surface area contributed by atoms with Gasteiger partial charge < -0.3 is 10.6 Å². The molecule has 2 nitrogen and oxygen atoms in total. The van der Waals surface area contributed by atoms with Crippen molar-refractivity contribution in [2.75, 3.05) is 30.8 Å². The first kappa shape index (κ1) is 13.7. The minimum Gasteiger partial charge on any atom is -0.369 e. The van der Waals surface area contributed by atoms with Gasteiger partial charge >= 0.3 is 0 Å². The van der Waals surface area contributed by atoms with E-state index in [1.165, 1.54) is 0 Å². The van der Waals surface area contributed by atoms with Gasteiger partial charge in [0.1, 0.15) is 5.82 Å².